The van der Waals surface area contributed by atoms with Crippen molar-refractivity contribution in [2.75, 3.05) is 19.7 Å². The van der Waals surface area contributed by atoms with Crippen LogP contribution in [-0.2, 0) is 4.74 Å². The third-order valence-electron chi connectivity index (χ3n) is 5.09. The van der Waals surface area contributed by atoms with E-state index in [0.717, 1.165) is 37.2 Å². The molecule has 132 valence electrons. The van der Waals surface area contributed by atoms with Crippen molar-refractivity contribution < 1.29 is 9.53 Å². The summed E-state index contributed by atoms with van der Waals surface area (Å²) in [7, 11) is 0. The molecule has 2 aromatic rings. The molecule has 6 heteroatoms. The number of para-hydroxylation sites is 1. The molecule has 0 unspecified atom stereocenters. The lowest BCUT2D eigenvalue weighted by molar-refractivity contribution is -0.0390. The fourth-order valence-corrected chi connectivity index (χ4v) is 4.15. The van der Waals surface area contributed by atoms with Gasteiger partial charge in [0.1, 0.15) is 0 Å². The molecule has 1 aromatic carbocycles. The lowest BCUT2D eigenvalue weighted by Crippen LogP contribution is -2.45. The number of ether oxygens (including phenoxy) is 1. The molecule has 2 aliphatic heterocycles. The Morgan fingerprint density at radius 1 is 1.40 bits per heavy atom. The third-order valence-corrected chi connectivity index (χ3v) is 5.40. The van der Waals surface area contributed by atoms with Gasteiger partial charge in [-0.15, -0.1) is 0 Å². The Kier molecular flexibility index (Phi) is 4.40. The first-order valence-corrected chi connectivity index (χ1v) is 9.11. The molecule has 3 heterocycles. The van der Waals surface area contributed by atoms with E-state index < -0.39 is 0 Å². The van der Waals surface area contributed by atoms with Crippen molar-refractivity contribution in [2.45, 2.75) is 38.5 Å². The number of carbonyl (C=O) groups excluding carboxylic acids is 1. The number of nitrogens with one attached hydrogen (secondary N) is 1. The number of halogens is 1. The van der Waals surface area contributed by atoms with Crippen LogP contribution in [0.25, 0.3) is 10.9 Å². The van der Waals surface area contributed by atoms with Crippen LogP contribution in [0, 0.1) is 6.92 Å². The molecule has 1 aromatic heterocycles. The highest BCUT2D eigenvalue weighted by Crippen LogP contribution is 2.27. The monoisotopic (exact) mass is 359 g/mol. The van der Waals surface area contributed by atoms with Crippen molar-refractivity contribution in [3.8, 4) is 0 Å². The van der Waals surface area contributed by atoms with Gasteiger partial charge in [0.25, 0.3) is 5.91 Å². The summed E-state index contributed by atoms with van der Waals surface area (Å²) in [5.74, 6) is -0.0587. The summed E-state index contributed by atoms with van der Waals surface area (Å²) in [6.45, 7) is 6.54. The second kappa shape index (κ2) is 6.56. The van der Waals surface area contributed by atoms with Gasteiger partial charge in [0.2, 0.25) is 0 Å². The zero-order valence-electron chi connectivity index (χ0n) is 14.5. The van der Waals surface area contributed by atoms with Gasteiger partial charge < -0.3 is 10.1 Å². The van der Waals surface area contributed by atoms with E-state index in [1.807, 2.05) is 25.1 Å². The molecule has 4 rings (SSSR count). The zero-order valence-corrected chi connectivity index (χ0v) is 15.2. The normalized spacial score (nSPS) is 26.6. The van der Waals surface area contributed by atoms with Crippen molar-refractivity contribution in [2.24, 2.45) is 0 Å². The molecule has 25 heavy (non-hydrogen) atoms. The number of pyridine rings is 1. The Morgan fingerprint density at radius 3 is 3.08 bits per heavy atom. The Labute approximate surface area is 152 Å². The number of aromatic nitrogens is 1. The molecule has 2 fully saturated rings. The fraction of sp³-hybridized carbons (Fsp3) is 0.474. The number of morpholine rings is 1. The minimum Gasteiger partial charge on any atom is -0.376 e. The Bertz CT molecular complexity index is 826. The highest BCUT2D eigenvalue weighted by atomic mass is 35.5. The summed E-state index contributed by atoms with van der Waals surface area (Å²) in [4.78, 5) is 19.8. The van der Waals surface area contributed by atoms with Gasteiger partial charge in [-0.3, -0.25) is 14.7 Å². The summed E-state index contributed by atoms with van der Waals surface area (Å²) in [5, 5.41) is 4.56. The number of nitrogens with zero attached hydrogens (tertiary/aromatic N) is 2. The SMILES string of the molecule is Cc1cc(C(=O)N[C@@H]2C[C@H]3CO[C@@H](C)CN3C2)c2cccc(Cl)c2n1. The molecular formula is C19H22ClN3O2. The Morgan fingerprint density at radius 2 is 2.24 bits per heavy atom. The number of benzene rings is 1. The van der Waals surface area contributed by atoms with Crippen LogP contribution in [-0.4, -0.2) is 53.7 Å². The van der Waals surface area contributed by atoms with E-state index in [1.165, 1.54) is 0 Å². The van der Waals surface area contributed by atoms with E-state index in [2.05, 4.69) is 22.1 Å². The van der Waals surface area contributed by atoms with E-state index in [-0.39, 0.29) is 18.1 Å². The van der Waals surface area contributed by atoms with E-state index >= 15 is 0 Å². The number of aryl methyl sites for hydroxylation is 1. The van der Waals surface area contributed by atoms with Crippen LogP contribution in [0.5, 0.6) is 0 Å². The van der Waals surface area contributed by atoms with E-state index in [1.54, 1.807) is 6.07 Å². The smallest absolute Gasteiger partial charge is 0.252 e. The molecule has 0 radical (unpaired) electrons. The minimum atomic E-state index is -0.0587. The second-order valence-electron chi connectivity index (χ2n) is 7.10. The summed E-state index contributed by atoms with van der Waals surface area (Å²) in [6.07, 6.45) is 1.20. The molecular weight excluding hydrogens is 338 g/mol. The lowest BCUT2D eigenvalue weighted by atomic mass is 10.1. The van der Waals surface area contributed by atoms with Crippen molar-refractivity contribution in [3.05, 3.63) is 40.5 Å². The quantitative estimate of drug-likeness (QED) is 0.895. The van der Waals surface area contributed by atoms with E-state index in [9.17, 15) is 4.79 Å². The zero-order chi connectivity index (χ0) is 17.6. The maximum absolute atomic E-state index is 12.9. The molecule has 0 bridgehead atoms. The Hall–Kier alpha value is -1.69. The molecule has 0 spiro atoms. The van der Waals surface area contributed by atoms with Gasteiger partial charge in [-0.05, 0) is 32.4 Å². The molecule has 2 aliphatic rings. The van der Waals surface area contributed by atoms with Crippen molar-refractivity contribution >= 4 is 28.4 Å². The number of amides is 1. The highest BCUT2D eigenvalue weighted by Gasteiger charge is 2.36. The molecule has 0 aliphatic carbocycles. The van der Waals surface area contributed by atoms with Gasteiger partial charge in [-0.1, -0.05) is 23.7 Å². The maximum Gasteiger partial charge on any atom is 0.252 e. The molecule has 2 saturated heterocycles. The number of hydrogen-bond donors (Lipinski definition) is 1. The Balaban J connectivity index is 1.56. The van der Waals surface area contributed by atoms with Gasteiger partial charge in [0.05, 0.1) is 28.8 Å². The average Bonchev–Trinajstić information content (AvgIpc) is 2.96. The first-order chi connectivity index (χ1) is 12.0. The van der Waals surface area contributed by atoms with Gasteiger partial charge in [0, 0.05) is 36.3 Å². The lowest BCUT2D eigenvalue weighted by Gasteiger charge is -2.33. The molecule has 0 saturated carbocycles. The predicted octanol–water partition coefficient (Wildman–Crippen LogP) is 2.79. The largest absolute Gasteiger partial charge is 0.376 e. The first kappa shape index (κ1) is 16.8. The minimum absolute atomic E-state index is 0.0587. The maximum atomic E-state index is 12.9. The fourth-order valence-electron chi connectivity index (χ4n) is 3.94. The number of rotatable bonds is 2. The van der Waals surface area contributed by atoms with Crippen molar-refractivity contribution in [3.63, 3.8) is 0 Å². The predicted molar refractivity (Wildman–Crippen MR) is 98.1 cm³/mol. The van der Waals surface area contributed by atoms with E-state index in [4.69, 9.17) is 16.3 Å². The standard InChI is InChI=1S/C19H22ClN3O2/c1-11-6-16(15-4-3-5-17(20)18(15)21-11)19(24)22-13-7-14-10-25-12(2)8-23(14)9-13/h3-6,12-14H,7-10H2,1-2H3,(H,22,24)/t12-,13+,14-/m0/s1. The van der Waals surface area contributed by atoms with Crippen LogP contribution in [0.2, 0.25) is 5.02 Å². The third kappa shape index (κ3) is 3.24. The molecule has 3 atom stereocenters. The van der Waals surface area contributed by atoms with Gasteiger partial charge in [0.15, 0.2) is 0 Å². The highest BCUT2D eigenvalue weighted by molar-refractivity contribution is 6.35. The first-order valence-electron chi connectivity index (χ1n) is 8.73. The van der Waals surface area contributed by atoms with Gasteiger partial charge in [-0.25, -0.2) is 0 Å². The molecule has 1 N–H and O–H groups in total. The van der Waals surface area contributed by atoms with Crippen LogP contribution >= 0.6 is 11.6 Å². The van der Waals surface area contributed by atoms with Gasteiger partial charge >= 0.3 is 0 Å². The number of carbonyl (C=O) groups is 1. The van der Waals surface area contributed by atoms with Crippen LogP contribution in [0.3, 0.4) is 0 Å². The van der Waals surface area contributed by atoms with Crippen LogP contribution in [0.15, 0.2) is 24.3 Å². The van der Waals surface area contributed by atoms with E-state index in [0.29, 0.717) is 22.1 Å². The van der Waals surface area contributed by atoms with Gasteiger partial charge in [-0.2, -0.15) is 0 Å². The van der Waals surface area contributed by atoms with Crippen molar-refractivity contribution in [1.29, 1.82) is 0 Å². The average molecular weight is 360 g/mol. The number of hydrogen-bond acceptors (Lipinski definition) is 4. The molecule has 5 nitrogen and oxygen atoms in total. The summed E-state index contributed by atoms with van der Waals surface area (Å²) < 4.78 is 5.74. The molecule has 1 amide bonds. The topological polar surface area (TPSA) is 54.5 Å². The van der Waals surface area contributed by atoms with Crippen LogP contribution in [0.4, 0.5) is 0 Å². The van der Waals surface area contributed by atoms with Crippen molar-refractivity contribution in [1.82, 2.24) is 15.2 Å². The summed E-state index contributed by atoms with van der Waals surface area (Å²) >= 11 is 6.26. The van der Waals surface area contributed by atoms with Crippen LogP contribution < -0.4 is 5.32 Å². The van der Waals surface area contributed by atoms with Crippen LogP contribution in [0.1, 0.15) is 29.4 Å². The second-order valence-corrected chi connectivity index (χ2v) is 7.51. The number of fused-ring (bicyclic) bond motifs is 2. The summed E-state index contributed by atoms with van der Waals surface area (Å²) in [6, 6.07) is 7.94. The summed E-state index contributed by atoms with van der Waals surface area (Å²) in [5.41, 5.74) is 2.11.